The first-order chi connectivity index (χ1) is 13.1. The van der Waals surface area contributed by atoms with Gasteiger partial charge in [-0.25, -0.2) is 0 Å². The van der Waals surface area contributed by atoms with Crippen LogP contribution in [0.2, 0.25) is 0 Å². The lowest BCUT2D eigenvalue weighted by molar-refractivity contribution is 1.37. The van der Waals surface area contributed by atoms with Crippen LogP contribution in [-0.4, -0.2) is 5.71 Å². The Labute approximate surface area is 190 Å². The summed E-state index contributed by atoms with van der Waals surface area (Å²) in [5.41, 5.74) is 21.3. The third kappa shape index (κ3) is 3.91. The summed E-state index contributed by atoms with van der Waals surface area (Å²) in [5, 5.41) is 8.18. The van der Waals surface area contributed by atoms with E-state index in [1.807, 2.05) is 45.1 Å². The van der Waals surface area contributed by atoms with Crippen molar-refractivity contribution in [2.75, 3.05) is 11.5 Å². The van der Waals surface area contributed by atoms with E-state index in [0.717, 1.165) is 63.8 Å². The van der Waals surface area contributed by atoms with Crippen molar-refractivity contribution in [3.8, 4) is 0 Å². The minimum absolute atomic E-state index is 0.493. The molecule has 2 aromatic rings. The first-order valence-corrected chi connectivity index (χ1v) is 11.0. The summed E-state index contributed by atoms with van der Waals surface area (Å²) in [5.74, 6) is 0. The van der Waals surface area contributed by atoms with Crippen LogP contribution in [0.3, 0.4) is 0 Å². The smallest absolute Gasteiger partial charge is 0.0711 e. The fourth-order valence-electron chi connectivity index (χ4n) is 3.19. The van der Waals surface area contributed by atoms with Gasteiger partial charge in [-0.3, -0.25) is 5.41 Å². The van der Waals surface area contributed by atoms with E-state index in [4.69, 9.17) is 16.9 Å². The molecule has 0 amide bonds. The summed E-state index contributed by atoms with van der Waals surface area (Å²) in [7, 11) is 0. The Bertz CT molecular complexity index is 978. The fourth-order valence-corrected chi connectivity index (χ4v) is 4.87. The number of hydrogen-bond acceptors (Lipinski definition) is 3. The van der Waals surface area contributed by atoms with Crippen LogP contribution in [0.5, 0.6) is 0 Å². The summed E-state index contributed by atoms with van der Waals surface area (Å²) in [6.07, 6.45) is 4.03. The van der Waals surface area contributed by atoms with E-state index >= 15 is 0 Å². The second kappa shape index (κ2) is 8.01. The Kier molecular flexibility index (Phi) is 6.03. The van der Waals surface area contributed by atoms with Gasteiger partial charge in [-0.2, -0.15) is 0 Å². The van der Waals surface area contributed by atoms with Crippen LogP contribution in [0.4, 0.5) is 11.4 Å². The topological polar surface area (TPSA) is 75.9 Å². The predicted octanol–water partition coefficient (Wildman–Crippen LogP) is 7.05. The predicted molar refractivity (Wildman–Crippen MR) is 131 cm³/mol. The van der Waals surface area contributed by atoms with Crippen LogP contribution < -0.4 is 11.5 Å². The molecule has 2 aromatic carbocycles. The van der Waals surface area contributed by atoms with Gasteiger partial charge in [0.2, 0.25) is 0 Å². The van der Waals surface area contributed by atoms with Crippen molar-refractivity contribution in [2.45, 2.75) is 20.8 Å². The van der Waals surface area contributed by atoms with Crippen LogP contribution in [0, 0.1) is 19.3 Å². The number of hydrogen-bond donors (Lipinski definition) is 3. The zero-order valence-corrected chi connectivity index (χ0v) is 20.5. The molecule has 0 saturated carbocycles. The molecule has 0 spiro atoms. The van der Waals surface area contributed by atoms with Gasteiger partial charge in [0.15, 0.2) is 0 Å². The van der Waals surface area contributed by atoms with Crippen molar-refractivity contribution in [1.29, 1.82) is 5.41 Å². The van der Waals surface area contributed by atoms with E-state index in [-0.39, 0.29) is 0 Å². The molecule has 0 aliphatic heterocycles. The molecule has 1 aliphatic carbocycles. The highest BCUT2D eigenvalue weighted by Crippen LogP contribution is 2.38. The average Bonchev–Trinajstić information content (AvgIpc) is 2.62. The highest BCUT2D eigenvalue weighted by atomic mass is 79.9. The van der Waals surface area contributed by atoms with Crippen molar-refractivity contribution in [1.82, 2.24) is 0 Å². The Balaban J connectivity index is 2.40. The molecule has 0 aromatic heterocycles. The number of anilines is 2. The Morgan fingerprint density at radius 2 is 1.25 bits per heavy atom. The van der Waals surface area contributed by atoms with Gasteiger partial charge in [-0.05, 0) is 144 Å². The highest BCUT2D eigenvalue weighted by molar-refractivity contribution is 9.12. The normalized spacial score (nSPS) is 14.1. The number of benzene rings is 2. The van der Waals surface area contributed by atoms with E-state index in [9.17, 15) is 0 Å². The van der Waals surface area contributed by atoms with Crippen molar-refractivity contribution >= 4 is 70.4 Å². The van der Waals surface area contributed by atoms with Crippen molar-refractivity contribution in [2.24, 2.45) is 0 Å². The van der Waals surface area contributed by atoms with Gasteiger partial charge in [0.05, 0.1) is 5.71 Å². The summed E-state index contributed by atoms with van der Waals surface area (Å²) in [6.45, 7) is 5.95. The molecule has 28 heavy (non-hydrogen) atoms. The van der Waals surface area contributed by atoms with E-state index < -0.39 is 0 Å². The zero-order chi connectivity index (χ0) is 20.7. The summed E-state index contributed by atoms with van der Waals surface area (Å²) in [4.78, 5) is 0. The monoisotopic (exact) mass is 563 g/mol. The lowest BCUT2D eigenvalue weighted by atomic mass is 9.87. The molecule has 0 bridgehead atoms. The molecule has 3 rings (SSSR count). The van der Waals surface area contributed by atoms with Crippen LogP contribution in [-0.2, 0) is 0 Å². The SMILES string of the molecule is CC1=CC(=C(c2cc(C)c(N)c(Br)c2)c2cc(C)c(N)c(Br)c2)C=C(Br)C1=N. The van der Waals surface area contributed by atoms with Gasteiger partial charge in [0, 0.05) is 24.8 Å². The maximum Gasteiger partial charge on any atom is 0.0711 e. The van der Waals surface area contributed by atoms with Gasteiger partial charge in [0.25, 0.3) is 0 Å². The summed E-state index contributed by atoms with van der Waals surface area (Å²) >= 11 is 10.7. The Morgan fingerprint density at radius 1 is 0.786 bits per heavy atom. The van der Waals surface area contributed by atoms with Gasteiger partial charge in [-0.15, -0.1) is 0 Å². The van der Waals surface area contributed by atoms with Crippen LogP contribution in [0.15, 0.2) is 61.0 Å². The second-order valence-electron chi connectivity index (χ2n) is 6.90. The molecule has 3 nitrogen and oxygen atoms in total. The van der Waals surface area contributed by atoms with Crippen molar-refractivity contribution in [3.05, 3.63) is 83.2 Å². The van der Waals surface area contributed by atoms with Gasteiger partial charge in [-0.1, -0.05) is 0 Å². The molecule has 0 fully saturated rings. The molecule has 0 heterocycles. The van der Waals surface area contributed by atoms with Crippen LogP contribution in [0.1, 0.15) is 29.2 Å². The van der Waals surface area contributed by atoms with E-state index in [2.05, 4.69) is 59.9 Å². The van der Waals surface area contributed by atoms with Crippen molar-refractivity contribution in [3.63, 3.8) is 0 Å². The number of halogens is 3. The first kappa shape index (κ1) is 21.1. The van der Waals surface area contributed by atoms with E-state index in [1.54, 1.807) is 0 Å². The number of nitrogens with two attached hydrogens (primary N) is 2. The molecule has 0 atom stereocenters. The quantitative estimate of drug-likeness (QED) is 0.341. The van der Waals surface area contributed by atoms with E-state index in [1.165, 1.54) is 0 Å². The van der Waals surface area contributed by atoms with Crippen molar-refractivity contribution < 1.29 is 0 Å². The highest BCUT2D eigenvalue weighted by Gasteiger charge is 2.19. The lowest BCUT2D eigenvalue weighted by Gasteiger charge is -2.19. The zero-order valence-electron chi connectivity index (χ0n) is 15.8. The number of aryl methyl sites for hydroxylation is 2. The number of nitrogens with one attached hydrogen (secondary N) is 1. The number of nitrogen functional groups attached to an aromatic ring is 2. The Hall–Kier alpha value is -1.63. The third-order valence-electron chi connectivity index (χ3n) is 4.83. The maximum absolute atomic E-state index is 8.18. The third-order valence-corrected chi connectivity index (χ3v) is 6.76. The number of rotatable bonds is 2. The molecule has 0 saturated heterocycles. The van der Waals surface area contributed by atoms with E-state index in [0.29, 0.717) is 5.71 Å². The van der Waals surface area contributed by atoms with Gasteiger partial charge >= 0.3 is 0 Å². The second-order valence-corrected chi connectivity index (χ2v) is 9.47. The summed E-state index contributed by atoms with van der Waals surface area (Å²) in [6, 6.07) is 8.25. The molecule has 0 unspecified atom stereocenters. The van der Waals surface area contributed by atoms with Gasteiger partial charge in [0.1, 0.15) is 0 Å². The molecule has 0 radical (unpaired) electrons. The largest absolute Gasteiger partial charge is 0.398 e. The first-order valence-electron chi connectivity index (χ1n) is 8.61. The molecule has 5 N–H and O–H groups in total. The van der Waals surface area contributed by atoms with Crippen LogP contribution in [0.25, 0.3) is 5.57 Å². The lowest BCUT2D eigenvalue weighted by Crippen LogP contribution is -2.06. The molecular weight excluding hydrogens is 546 g/mol. The Morgan fingerprint density at radius 3 is 1.64 bits per heavy atom. The molecule has 6 heteroatoms. The molecular formula is C22H20Br3N3. The summed E-state index contributed by atoms with van der Waals surface area (Å²) < 4.78 is 2.48. The average molecular weight is 566 g/mol. The fraction of sp³-hybridized carbons (Fsp3) is 0.136. The molecule has 144 valence electrons. The van der Waals surface area contributed by atoms with Crippen LogP contribution >= 0.6 is 47.8 Å². The standard InChI is InChI=1S/C22H20Br3N3/c1-10-4-13(7-16(23)20(10)26)19(14-5-11(2)21(27)17(24)8-14)15-6-12(3)22(28)18(25)9-15/h4-9,26H,27-28H2,1-3H3. The maximum atomic E-state index is 8.18. The molecule has 1 aliphatic rings. The minimum Gasteiger partial charge on any atom is -0.398 e. The minimum atomic E-state index is 0.493. The number of allylic oxidation sites excluding steroid dienone is 5. The van der Waals surface area contributed by atoms with Gasteiger partial charge < -0.3 is 11.5 Å².